The molecule has 0 aliphatic carbocycles. The molecule has 0 saturated heterocycles. The molecule has 0 atom stereocenters. The molecule has 5 aromatic rings. The third-order valence-corrected chi connectivity index (χ3v) is 4.48. The summed E-state index contributed by atoms with van der Waals surface area (Å²) >= 11 is 0. The van der Waals surface area contributed by atoms with Crippen molar-refractivity contribution in [2.24, 2.45) is 0 Å². The second-order valence-corrected chi connectivity index (χ2v) is 5.98. The van der Waals surface area contributed by atoms with Crippen molar-refractivity contribution >= 4 is 21.9 Å². The Morgan fingerprint density at radius 2 is 1.74 bits per heavy atom. The van der Waals surface area contributed by atoms with E-state index < -0.39 is 18.1 Å². The first-order valence-corrected chi connectivity index (χ1v) is 8.31. The molecule has 3 nitrogen and oxygen atoms in total. The third kappa shape index (κ3) is 2.39. The molecule has 0 amide bonds. The largest absolute Gasteiger partial charge is 0.455 e. The summed E-state index contributed by atoms with van der Waals surface area (Å²) in [6.45, 7) is 0. The number of aromatic nitrogens is 1. The molecule has 0 aliphatic heterocycles. The first-order chi connectivity index (χ1) is 15.4. The van der Waals surface area contributed by atoms with Crippen molar-refractivity contribution in [3.05, 3.63) is 90.5 Å². The van der Waals surface area contributed by atoms with Crippen molar-refractivity contribution in [3.8, 4) is 28.5 Å². The Balaban J connectivity index is 1.95. The quantitative estimate of drug-likeness (QED) is 0.381. The predicted octanol–water partition coefficient (Wildman–Crippen LogP) is 6.19. The number of para-hydroxylation sites is 1. The third-order valence-electron chi connectivity index (χ3n) is 4.48. The number of pyridine rings is 1. The zero-order valence-electron chi connectivity index (χ0n) is 19.0. The smallest absolute Gasteiger partial charge is 0.144 e. The van der Waals surface area contributed by atoms with Gasteiger partial charge in [0.05, 0.1) is 24.2 Å². The highest BCUT2D eigenvalue weighted by molar-refractivity contribution is 6.13. The molecule has 27 heavy (non-hydrogen) atoms. The van der Waals surface area contributed by atoms with Gasteiger partial charge in [-0.2, -0.15) is 5.26 Å². The summed E-state index contributed by atoms with van der Waals surface area (Å²) in [7, 11) is 0. The molecule has 3 aromatic carbocycles. The fourth-order valence-corrected chi connectivity index (χ4v) is 3.30. The highest BCUT2D eigenvalue weighted by atomic mass is 16.3. The van der Waals surface area contributed by atoms with Gasteiger partial charge in [0.2, 0.25) is 0 Å². The van der Waals surface area contributed by atoms with Crippen LogP contribution in [0.25, 0.3) is 44.3 Å². The van der Waals surface area contributed by atoms with Crippen molar-refractivity contribution in [2.45, 2.75) is 0 Å². The molecule has 5 rings (SSSR count). The second-order valence-electron chi connectivity index (χ2n) is 5.98. The van der Waals surface area contributed by atoms with Gasteiger partial charge in [-0.25, -0.2) is 0 Å². The van der Waals surface area contributed by atoms with Crippen molar-refractivity contribution < 1.29 is 11.3 Å². The highest BCUT2D eigenvalue weighted by Gasteiger charge is 2.18. The summed E-state index contributed by atoms with van der Waals surface area (Å²) in [4.78, 5) is 4.40. The van der Waals surface area contributed by atoms with Gasteiger partial charge in [0, 0.05) is 28.1 Å². The molecule has 0 unspecified atom stereocenters. The minimum atomic E-state index is -0.489. The van der Waals surface area contributed by atoms with E-state index in [9.17, 15) is 5.26 Å². The number of hydrogen-bond donors (Lipinski definition) is 0. The lowest BCUT2D eigenvalue weighted by Crippen LogP contribution is -1.85. The number of nitriles is 1. The monoisotopic (exact) mass is 351 g/mol. The lowest BCUT2D eigenvalue weighted by Gasteiger charge is -2.05. The lowest BCUT2D eigenvalue weighted by molar-refractivity contribution is 0.670. The maximum absolute atomic E-state index is 9.77. The zero-order chi connectivity index (χ0) is 22.6. The van der Waals surface area contributed by atoms with Crippen LogP contribution in [0.3, 0.4) is 0 Å². The Labute approximate surface area is 163 Å². The normalized spacial score (nSPS) is 13.5. The lowest BCUT2D eigenvalue weighted by atomic mass is 9.97. The van der Waals surface area contributed by atoms with Gasteiger partial charge >= 0.3 is 0 Å². The fourth-order valence-electron chi connectivity index (χ4n) is 3.30. The molecule has 0 N–H and O–H groups in total. The van der Waals surface area contributed by atoms with E-state index in [1.165, 1.54) is 0 Å². The first-order valence-electron chi connectivity index (χ1n) is 10.8. The van der Waals surface area contributed by atoms with Crippen LogP contribution in [0.2, 0.25) is 0 Å². The molecule has 0 saturated carbocycles. The van der Waals surface area contributed by atoms with E-state index in [0.29, 0.717) is 22.2 Å². The molecule has 0 bridgehead atoms. The Kier molecular flexibility index (Phi) is 2.48. The molecular weight excluding hydrogens is 332 g/mol. The predicted molar refractivity (Wildman–Crippen MR) is 107 cm³/mol. The number of fused-ring (bicyclic) bond motifs is 3. The SMILES string of the molecule is [2H]c1c([2H])c([2H])c(-c2c(C#N)ccc3c2oc2c(-c4ccccn4)cccc23)c([2H])c1[2H]. The van der Waals surface area contributed by atoms with Crippen LogP contribution in [0.4, 0.5) is 0 Å². The minimum absolute atomic E-state index is 0.0587. The maximum Gasteiger partial charge on any atom is 0.144 e. The van der Waals surface area contributed by atoms with Crippen LogP contribution in [0.5, 0.6) is 0 Å². The molecule has 126 valence electrons. The van der Waals surface area contributed by atoms with Crippen molar-refractivity contribution in [2.75, 3.05) is 0 Å². The van der Waals surface area contributed by atoms with Crippen molar-refractivity contribution in [3.63, 3.8) is 0 Å². The van der Waals surface area contributed by atoms with Crippen LogP contribution in [0.15, 0.2) is 89.4 Å². The Morgan fingerprint density at radius 1 is 0.889 bits per heavy atom. The van der Waals surface area contributed by atoms with Crippen LogP contribution >= 0.6 is 0 Å². The Bertz CT molecular complexity index is 1560. The fraction of sp³-hybridized carbons (Fsp3) is 0. The maximum atomic E-state index is 9.77. The summed E-state index contributed by atoms with van der Waals surface area (Å²) < 4.78 is 47.0. The molecule has 0 aliphatic rings. The summed E-state index contributed by atoms with van der Waals surface area (Å²) in [6, 6.07) is 14.4. The van der Waals surface area contributed by atoms with E-state index in [2.05, 4.69) is 11.1 Å². The Hall–Kier alpha value is -3.90. The summed E-state index contributed by atoms with van der Waals surface area (Å²) in [6.07, 6.45) is 1.68. The van der Waals surface area contributed by atoms with E-state index in [0.717, 1.165) is 10.9 Å². The van der Waals surface area contributed by atoms with Crippen LogP contribution in [0, 0.1) is 11.3 Å². The standard InChI is InChI=1S/C24H14N2O/c25-15-17-12-13-19-18-9-6-10-20(21-11-4-5-14-26-21)23(18)27-24(19)22(17)16-7-2-1-3-8-16/h1-14H/i1D,2D,3D,7D,8D. The topological polar surface area (TPSA) is 49.8 Å². The van der Waals surface area contributed by atoms with Gasteiger partial charge in [0.1, 0.15) is 11.2 Å². The summed E-state index contributed by atoms with van der Waals surface area (Å²) in [5, 5.41) is 11.2. The molecule has 0 spiro atoms. The van der Waals surface area contributed by atoms with Gasteiger partial charge in [-0.1, -0.05) is 48.4 Å². The van der Waals surface area contributed by atoms with Crippen LogP contribution in [-0.4, -0.2) is 4.98 Å². The van der Waals surface area contributed by atoms with E-state index in [1.807, 2.05) is 36.4 Å². The van der Waals surface area contributed by atoms with E-state index >= 15 is 0 Å². The number of nitrogens with zero attached hydrogens (tertiary/aromatic N) is 2. The molecule has 3 heteroatoms. The average molecular weight is 351 g/mol. The van der Waals surface area contributed by atoms with Gasteiger partial charge in [0.15, 0.2) is 0 Å². The summed E-state index contributed by atoms with van der Waals surface area (Å²) in [5.41, 5.74) is 2.59. The van der Waals surface area contributed by atoms with Gasteiger partial charge in [-0.15, -0.1) is 0 Å². The Morgan fingerprint density at radius 3 is 2.52 bits per heavy atom. The molecular formula is C24H14N2O. The minimum Gasteiger partial charge on any atom is -0.455 e. The molecule has 0 fully saturated rings. The van der Waals surface area contributed by atoms with E-state index in [4.69, 9.17) is 11.3 Å². The number of hydrogen-bond acceptors (Lipinski definition) is 3. The van der Waals surface area contributed by atoms with Crippen LogP contribution < -0.4 is 0 Å². The molecule has 0 radical (unpaired) electrons. The van der Waals surface area contributed by atoms with E-state index in [-0.39, 0.29) is 28.8 Å². The average Bonchev–Trinajstić information content (AvgIpc) is 3.21. The van der Waals surface area contributed by atoms with Crippen LogP contribution in [0.1, 0.15) is 12.4 Å². The van der Waals surface area contributed by atoms with Gasteiger partial charge in [-0.05, 0) is 35.9 Å². The number of benzene rings is 3. The van der Waals surface area contributed by atoms with Crippen molar-refractivity contribution in [1.29, 1.82) is 5.26 Å². The van der Waals surface area contributed by atoms with Gasteiger partial charge in [0.25, 0.3) is 0 Å². The zero-order valence-corrected chi connectivity index (χ0v) is 14.0. The summed E-state index contributed by atoms with van der Waals surface area (Å²) in [5.74, 6) is 0. The number of furan rings is 1. The number of rotatable bonds is 2. The van der Waals surface area contributed by atoms with Gasteiger partial charge < -0.3 is 4.42 Å². The first kappa shape index (κ1) is 10.9. The second kappa shape index (κ2) is 6.12. The van der Waals surface area contributed by atoms with E-state index in [1.54, 1.807) is 18.3 Å². The molecule has 2 aromatic heterocycles. The highest BCUT2D eigenvalue weighted by Crippen LogP contribution is 2.40. The van der Waals surface area contributed by atoms with Crippen LogP contribution in [-0.2, 0) is 0 Å². The molecule has 2 heterocycles. The van der Waals surface area contributed by atoms with Crippen molar-refractivity contribution in [1.82, 2.24) is 4.98 Å². The van der Waals surface area contributed by atoms with Gasteiger partial charge in [-0.3, -0.25) is 4.98 Å².